The first-order chi connectivity index (χ1) is 8.74. The Bertz CT molecular complexity index is 548. The smallest absolute Gasteiger partial charge is 0.307 e. The van der Waals surface area contributed by atoms with E-state index >= 15 is 0 Å². The van der Waals surface area contributed by atoms with Crippen molar-refractivity contribution in [3.63, 3.8) is 0 Å². The van der Waals surface area contributed by atoms with Gasteiger partial charge in [0.2, 0.25) is 0 Å². The van der Waals surface area contributed by atoms with Gasteiger partial charge in [0, 0.05) is 0 Å². The number of carbonyl (C=O) groups is 1. The van der Waals surface area contributed by atoms with E-state index in [1.165, 1.54) is 0 Å². The van der Waals surface area contributed by atoms with E-state index in [0.717, 1.165) is 11.3 Å². The third-order valence-electron chi connectivity index (χ3n) is 2.27. The van der Waals surface area contributed by atoms with Crippen LogP contribution in [0.1, 0.15) is 5.56 Å². The number of benzene rings is 2. The molecule has 0 aliphatic rings. The van der Waals surface area contributed by atoms with Gasteiger partial charge in [0.1, 0.15) is 0 Å². The third kappa shape index (κ3) is 3.52. The zero-order valence-electron chi connectivity index (χ0n) is 9.58. The number of aliphatic carboxylic acids is 1. The van der Waals surface area contributed by atoms with Crippen molar-refractivity contribution >= 4 is 17.3 Å². The molecule has 0 aliphatic heterocycles. The Morgan fingerprint density at radius 1 is 1.00 bits per heavy atom. The predicted octanol–water partition coefficient (Wildman–Crippen LogP) is 3.53. The summed E-state index contributed by atoms with van der Waals surface area (Å²) in [4.78, 5) is 10.5. The van der Waals surface area contributed by atoms with Gasteiger partial charge in [-0.05, 0) is 35.9 Å². The van der Waals surface area contributed by atoms with Crippen molar-refractivity contribution in [2.75, 3.05) is 0 Å². The molecule has 4 nitrogen and oxygen atoms in total. The lowest BCUT2D eigenvalue weighted by molar-refractivity contribution is -0.136. The molecule has 89 valence electrons. The summed E-state index contributed by atoms with van der Waals surface area (Å²) in [6, 6.07) is 17.0. The Hall–Kier alpha value is -2.49. The van der Waals surface area contributed by atoms with Crippen LogP contribution in [0, 0.1) is 6.07 Å². The molecule has 0 saturated carbocycles. The molecule has 18 heavy (non-hydrogen) atoms. The van der Waals surface area contributed by atoms with Gasteiger partial charge < -0.3 is 5.11 Å². The summed E-state index contributed by atoms with van der Waals surface area (Å²) in [5.41, 5.74) is 2.19. The average molecular weight is 239 g/mol. The van der Waals surface area contributed by atoms with Gasteiger partial charge in [0.15, 0.2) is 0 Å². The molecule has 0 spiro atoms. The standard InChI is InChI=1S/C14H11N2O2/c17-14(18)10-11-6-8-13(9-7-11)16-15-12-4-2-1-3-5-12/h2-9H,10H2,(H,17,18)/b16-15+. The maximum absolute atomic E-state index is 10.5. The minimum Gasteiger partial charge on any atom is -0.481 e. The van der Waals surface area contributed by atoms with Crippen molar-refractivity contribution < 1.29 is 9.90 Å². The number of nitrogens with zero attached hydrogens (tertiary/aromatic N) is 2. The second kappa shape index (κ2) is 5.72. The highest BCUT2D eigenvalue weighted by Gasteiger charge is 1.99. The maximum atomic E-state index is 10.5. The Labute approximate surface area is 105 Å². The van der Waals surface area contributed by atoms with Crippen LogP contribution < -0.4 is 0 Å². The van der Waals surface area contributed by atoms with Crippen LogP contribution in [0.3, 0.4) is 0 Å². The molecule has 2 aromatic rings. The first-order valence-electron chi connectivity index (χ1n) is 5.42. The van der Waals surface area contributed by atoms with Gasteiger partial charge in [0.05, 0.1) is 17.8 Å². The van der Waals surface area contributed by atoms with E-state index < -0.39 is 5.97 Å². The highest BCUT2D eigenvalue weighted by molar-refractivity contribution is 5.70. The zero-order chi connectivity index (χ0) is 12.8. The Balaban J connectivity index is 2.06. The van der Waals surface area contributed by atoms with E-state index in [2.05, 4.69) is 16.3 Å². The molecule has 0 atom stereocenters. The van der Waals surface area contributed by atoms with Crippen molar-refractivity contribution in [1.82, 2.24) is 0 Å². The molecular weight excluding hydrogens is 228 g/mol. The van der Waals surface area contributed by atoms with E-state index in [0.29, 0.717) is 5.69 Å². The van der Waals surface area contributed by atoms with Crippen molar-refractivity contribution in [3.8, 4) is 0 Å². The Kier molecular flexibility index (Phi) is 3.81. The summed E-state index contributed by atoms with van der Waals surface area (Å²) < 4.78 is 0. The summed E-state index contributed by atoms with van der Waals surface area (Å²) in [5, 5.41) is 16.8. The van der Waals surface area contributed by atoms with Gasteiger partial charge in [-0.25, -0.2) is 0 Å². The van der Waals surface area contributed by atoms with Gasteiger partial charge in [-0.2, -0.15) is 10.2 Å². The lowest BCUT2D eigenvalue weighted by Crippen LogP contribution is -1.98. The largest absolute Gasteiger partial charge is 0.481 e. The molecule has 4 heteroatoms. The summed E-state index contributed by atoms with van der Waals surface area (Å²) in [7, 11) is 0. The van der Waals surface area contributed by atoms with Crippen LogP contribution in [0.25, 0.3) is 0 Å². The molecule has 2 aromatic carbocycles. The lowest BCUT2D eigenvalue weighted by Gasteiger charge is -1.97. The minimum absolute atomic E-state index is 0.0198. The van der Waals surface area contributed by atoms with Crippen LogP contribution in [0.4, 0.5) is 11.4 Å². The summed E-state index contributed by atoms with van der Waals surface area (Å²) in [6.07, 6.45) is 0.0198. The van der Waals surface area contributed by atoms with Crippen molar-refractivity contribution in [2.24, 2.45) is 10.2 Å². The van der Waals surface area contributed by atoms with Crippen molar-refractivity contribution in [3.05, 3.63) is 60.2 Å². The fraction of sp³-hybridized carbons (Fsp3) is 0.0714. The second-order valence-electron chi connectivity index (χ2n) is 3.70. The first kappa shape index (κ1) is 12.0. The van der Waals surface area contributed by atoms with Crippen molar-refractivity contribution in [2.45, 2.75) is 6.42 Å². The molecule has 0 saturated heterocycles. The average Bonchev–Trinajstić information content (AvgIpc) is 2.38. The van der Waals surface area contributed by atoms with Gasteiger partial charge >= 0.3 is 5.97 Å². The van der Waals surface area contributed by atoms with Crippen molar-refractivity contribution in [1.29, 1.82) is 0 Å². The molecule has 0 fully saturated rings. The van der Waals surface area contributed by atoms with Crippen LogP contribution in [0.5, 0.6) is 0 Å². The molecule has 1 radical (unpaired) electrons. The van der Waals surface area contributed by atoms with Gasteiger partial charge in [-0.1, -0.05) is 24.3 Å². The summed E-state index contributed by atoms with van der Waals surface area (Å²) in [5.74, 6) is -0.843. The van der Waals surface area contributed by atoms with E-state index in [9.17, 15) is 4.79 Å². The van der Waals surface area contributed by atoms with E-state index in [4.69, 9.17) is 5.11 Å². The number of azo groups is 1. The van der Waals surface area contributed by atoms with E-state index in [-0.39, 0.29) is 6.42 Å². The minimum atomic E-state index is -0.843. The topological polar surface area (TPSA) is 62.0 Å². The quantitative estimate of drug-likeness (QED) is 0.829. The third-order valence-corrected chi connectivity index (χ3v) is 2.27. The van der Waals surface area contributed by atoms with Gasteiger partial charge in [0.25, 0.3) is 0 Å². The molecule has 0 bridgehead atoms. The molecule has 0 aliphatic carbocycles. The fourth-order valence-electron chi connectivity index (χ4n) is 1.42. The predicted molar refractivity (Wildman–Crippen MR) is 67.2 cm³/mol. The van der Waals surface area contributed by atoms with E-state index in [1.807, 2.05) is 12.1 Å². The first-order valence-corrected chi connectivity index (χ1v) is 5.42. The van der Waals surface area contributed by atoms with Crippen LogP contribution >= 0.6 is 0 Å². The Morgan fingerprint density at radius 3 is 2.11 bits per heavy atom. The Morgan fingerprint density at radius 2 is 1.56 bits per heavy atom. The number of rotatable bonds is 4. The number of hydrogen-bond donors (Lipinski definition) is 1. The highest BCUT2D eigenvalue weighted by Crippen LogP contribution is 2.18. The SMILES string of the molecule is O=C(O)Cc1ccc(/N=N/c2cc[c]cc2)cc1. The number of carboxylic acids is 1. The summed E-state index contributed by atoms with van der Waals surface area (Å²) in [6.45, 7) is 0. The van der Waals surface area contributed by atoms with Crippen LogP contribution in [-0.4, -0.2) is 11.1 Å². The van der Waals surface area contributed by atoms with Gasteiger partial charge in [-0.3, -0.25) is 4.79 Å². The fourth-order valence-corrected chi connectivity index (χ4v) is 1.42. The molecule has 0 heterocycles. The molecule has 0 amide bonds. The number of carboxylic acid groups (broad SMARTS) is 1. The second-order valence-corrected chi connectivity index (χ2v) is 3.70. The maximum Gasteiger partial charge on any atom is 0.307 e. The van der Waals surface area contributed by atoms with Gasteiger partial charge in [-0.15, -0.1) is 0 Å². The zero-order valence-corrected chi connectivity index (χ0v) is 9.58. The molecule has 0 unspecified atom stereocenters. The van der Waals surface area contributed by atoms with E-state index in [1.54, 1.807) is 36.4 Å². The molecular formula is C14H11N2O2. The monoisotopic (exact) mass is 239 g/mol. The van der Waals surface area contributed by atoms with Crippen LogP contribution in [0.15, 0.2) is 58.8 Å². The lowest BCUT2D eigenvalue weighted by atomic mass is 10.1. The highest BCUT2D eigenvalue weighted by atomic mass is 16.4. The molecule has 0 aromatic heterocycles. The normalized spacial score (nSPS) is 10.7. The molecule has 2 rings (SSSR count). The molecule has 1 N–H and O–H groups in total. The number of hydrogen-bond acceptors (Lipinski definition) is 3. The van der Waals surface area contributed by atoms with Crippen LogP contribution in [-0.2, 0) is 11.2 Å². The summed E-state index contributed by atoms with van der Waals surface area (Å²) >= 11 is 0. The van der Waals surface area contributed by atoms with Crippen LogP contribution in [0.2, 0.25) is 0 Å².